The molecule has 4 atom stereocenters. The number of hydrogen-bond donors (Lipinski definition) is 5. The van der Waals surface area contributed by atoms with Crippen molar-refractivity contribution in [1.29, 1.82) is 1.28 Å². The number of aromatic amines is 2. The van der Waals surface area contributed by atoms with Gasteiger partial charge in [0.1, 0.15) is 12.3 Å². The van der Waals surface area contributed by atoms with Crippen molar-refractivity contribution >= 4 is 38.5 Å². The summed E-state index contributed by atoms with van der Waals surface area (Å²) in [6.45, 7) is 1.35. The van der Waals surface area contributed by atoms with Gasteiger partial charge >= 0.3 is 0 Å². The predicted molar refractivity (Wildman–Crippen MR) is 136 cm³/mol. The molecule has 13 nitrogen and oxygen atoms in total. The Morgan fingerprint density at radius 3 is 3.06 bits per heavy atom. The van der Waals surface area contributed by atoms with Crippen LogP contribution in [0.15, 0.2) is 29.7 Å². The number of aliphatic hydroxyl groups is 1. The second-order valence-corrected chi connectivity index (χ2v) is 8.74. The third kappa shape index (κ3) is 6.76. The lowest BCUT2D eigenvalue weighted by molar-refractivity contribution is -0.116. The van der Waals surface area contributed by atoms with E-state index in [1.54, 1.807) is 23.2 Å². The van der Waals surface area contributed by atoms with Gasteiger partial charge in [0.15, 0.2) is 11.2 Å². The van der Waals surface area contributed by atoms with Crippen molar-refractivity contribution in [2.45, 2.75) is 50.5 Å². The highest BCUT2D eigenvalue weighted by Gasteiger charge is 2.36. The number of ether oxygens (including phenoxy) is 1. The minimum Gasteiger partial charge on any atom is -0.390 e. The monoisotopic (exact) mass is 520 g/mol. The molecule has 1 fully saturated rings. The van der Waals surface area contributed by atoms with Gasteiger partial charge in [-0.2, -0.15) is 4.98 Å². The molecule has 3 aromatic rings. The van der Waals surface area contributed by atoms with Crippen LogP contribution in [0.2, 0.25) is 0 Å². The van der Waals surface area contributed by atoms with Crippen molar-refractivity contribution in [1.82, 2.24) is 34.8 Å². The number of anilines is 1. The summed E-state index contributed by atoms with van der Waals surface area (Å²) in [4.78, 5) is 42.4. The number of amides is 1. The van der Waals surface area contributed by atoms with Crippen molar-refractivity contribution in [3.8, 4) is 0 Å². The van der Waals surface area contributed by atoms with Crippen LogP contribution in [0.3, 0.4) is 0 Å². The van der Waals surface area contributed by atoms with Crippen LogP contribution in [-0.4, -0.2) is 73.7 Å². The highest BCUT2D eigenvalue weighted by molar-refractivity contribution is 7.09. The molecular weight excluding hydrogens is 487 g/mol. The molecule has 0 aromatic carbocycles. The number of carbonyl (C=O) groups excluding carboxylic acids is 1. The van der Waals surface area contributed by atoms with E-state index in [1.165, 1.54) is 12.4 Å². The zero-order chi connectivity index (χ0) is 26.0. The molecule has 194 valence electrons. The number of H-pyrrole nitrogens is 2. The van der Waals surface area contributed by atoms with Gasteiger partial charge in [0.05, 0.1) is 38.5 Å². The smallest absolute Gasteiger partial charge is 0.280 e. The van der Waals surface area contributed by atoms with E-state index in [9.17, 15) is 14.7 Å². The fourth-order valence-electron chi connectivity index (χ4n) is 3.94. The second kappa shape index (κ2) is 12.7. The van der Waals surface area contributed by atoms with Crippen LogP contribution in [0, 0.1) is 0 Å². The first-order chi connectivity index (χ1) is 18.0. The van der Waals surface area contributed by atoms with Crippen molar-refractivity contribution < 1.29 is 19.2 Å². The van der Waals surface area contributed by atoms with Crippen LogP contribution < -0.4 is 16.2 Å². The number of carbonyl (C=O) groups is 1. The molecule has 0 radical (unpaired) electrons. The summed E-state index contributed by atoms with van der Waals surface area (Å²) in [6, 6.07) is 0. The zero-order valence-corrected chi connectivity index (χ0v) is 20.6. The number of fused-ring (bicyclic) bond motifs is 1. The zero-order valence-electron chi connectivity index (χ0n) is 20.6. The van der Waals surface area contributed by atoms with Gasteiger partial charge in [-0.3, -0.25) is 19.1 Å². The topological polar surface area (TPSA) is 172 Å². The fourth-order valence-corrected chi connectivity index (χ4v) is 4.11. The maximum Gasteiger partial charge on any atom is 0.280 e. The first-order valence-electron chi connectivity index (χ1n) is 12.3. The lowest BCUT2D eigenvalue weighted by atomic mass is 10.2. The van der Waals surface area contributed by atoms with Gasteiger partial charge in [-0.1, -0.05) is 12.8 Å². The molecule has 14 heteroatoms. The summed E-state index contributed by atoms with van der Waals surface area (Å²) in [7, 11) is -0.434. The molecule has 4 unspecified atom stereocenters. The van der Waals surface area contributed by atoms with Crippen molar-refractivity contribution in [3.63, 3.8) is 0 Å². The van der Waals surface area contributed by atoms with Crippen LogP contribution in [0.5, 0.6) is 0 Å². The lowest BCUT2D eigenvalue weighted by Crippen LogP contribution is -2.24. The summed E-state index contributed by atoms with van der Waals surface area (Å²) in [6.07, 6.45) is 9.94. The summed E-state index contributed by atoms with van der Waals surface area (Å²) < 4.78 is 19.7. The molecule has 1 aliphatic rings. The van der Waals surface area contributed by atoms with Crippen molar-refractivity contribution in [3.05, 3.63) is 41.0 Å². The van der Waals surface area contributed by atoms with Gasteiger partial charge in [-0.15, -0.1) is 0 Å². The Labute approximate surface area is 210 Å². The van der Waals surface area contributed by atoms with Gasteiger partial charge in [-0.25, -0.2) is 9.97 Å². The van der Waals surface area contributed by atoms with Crippen LogP contribution in [0.1, 0.15) is 44.0 Å². The van der Waals surface area contributed by atoms with Crippen LogP contribution in [-0.2, 0) is 14.1 Å². The average molecular weight is 521 g/mol. The third-order valence-electron chi connectivity index (χ3n) is 5.82. The molecule has 1 aliphatic heterocycles. The first-order valence-corrected chi connectivity index (χ1v) is 12.2. The van der Waals surface area contributed by atoms with E-state index in [0.29, 0.717) is 31.1 Å². The van der Waals surface area contributed by atoms with E-state index in [4.69, 9.17) is 10.5 Å². The molecule has 0 saturated carbocycles. The highest BCUT2D eigenvalue weighted by Crippen LogP contribution is 2.30. The molecule has 36 heavy (non-hydrogen) atoms. The average Bonchev–Trinajstić information content (AvgIpc) is 3.63. The molecule has 3 aromatic heterocycles. The normalized spacial score (nSPS) is 20.6. The van der Waals surface area contributed by atoms with Crippen LogP contribution in [0.25, 0.3) is 17.2 Å². The largest absolute Gasteiger partial charge is 0.390 e. The number of unbranched alkanes of at least 4 members (excludes halogenated alkanes) is 3. The fraction of sp³-hybridized carbons (Fsp3) is 0.500. The van der Waals surface area contributed by atoms with E-state index in [2.05, 4.69) is 35.6 Å². The minimum absolute atomic E-state index is 0.127. The Kier molecular flexibility index (Phi) is 8.68. The number of aromatic nitrogens is 6. The molecule has 1 saturated heterocycles. The van der Waals surface area contributed by atoms with Gasteiger partial charge in [0, 0.05) is 35.0 Å². The molecule has 4 heterocycles. The van der Waals surface area contributed by atoms with Crippen molar-refractivity contribution in [2.75, 3.05) is 25.0 Å². The molecule has 0 aliphatic carbocycles. The first kappa shape index (κ1) is 24.6. The lowest BCUT2D eigenvalue weighted by Gasteiger charge is -2.15. The third-order valence-corrected chi connectivity index (χ3v) is 5.99. The summed E-state index contributed by atoms with van der Waals surface area (Å²) in [5, 5.41) is 16.2. The van der Waals surface area contributed by atoms with E-state index in [-0.39, 0.29) is 23.6 Å². The number of nitrogens with zero attached hydrogens (tertiary/aromatic N) is 4. The molecular formula is C22H31N8O5P. The second-order valence-electron chi connectivity index (χ2n) is 8.45. The van der Waals surface area contributed by atoms with Crippen LogP contribution >= 0.6 is 9.41 Å². The van der Waals surface area contributed by atoms with E-state index < -0.39 is 27.8 Å². The Balaban J connectivity index is 1.19. The quantitative estimate of drug-likeness (QED) is 0.119. The summed E-state index contributed by atoms with van der Waals surface area (Å²) in [5.74, 6) is 0.194. The Morgan fingerprint density at radius 1 is 1.39 bits per heavy atom. The molecule has 4 rings (SSSR count). The Bertz CT molecular complexity index is 1230. The van der Waals surface area contributed by atoms with E-state index >= 15 is 0 Å². The number of imidazole rings is 2. The molecule has 0 spiro atoms. The molecule has 5 N–H and O–H groups in total. The number of rotatable bonds is 14. The van der Waals surface area contributed by atoms with Gasteiger partial charge in [0.25, 0.3) is 5.56 Å². The van der Waals surface area contributed by atoms with E-state index in [0.717, 1.165) is 31.4 Å². The SMILES string of the molecule is [3H]POCC1OC(n2cnc3c(=O)[nH]c(NCCCCCCNC(=O)C=Cc4cnc[nH]4)nc32)CC1O. The number of nitrogens with one attached hydrogen (secondary N) is 4. The van der Waals surface area contributed by atoms with Crippen LogP contribution in [0.4, 0.5) is 5.95 Å². The minimum atomic E-state index is -0.745. The van der Waals surface area contributed by atoms with Gasteiger partial charge in [-0.05, 0) is 18.9 Å². The Hall–Kier alpha value is -3.12. The standard InChI is InChI=1S/C22H31N8O5P/c31-15-9-18(35-16(15)11-34-36)30-13-27-19-20(30)28-22(29-21(19)33)25-8-4-2-1-3-7-24-17(32)6-5-14-10-23-12-26-14/h5-6,10,12-13,15-16,18,31H,1-4,7-9,11,36H2,(H,23,26)(H,24,32)(H2,25,28,29,33)/i36T. The van der Waals surface area contributed by atoms with E-state index in [1.807, 2.05) is 0 Å². The number of aliphatic hydroxyl groups excluding tert-OH is 1. The molecule has 1 amide bonds. The maximum absolute atomic E-state index is 12.5. The predicted octanol–water partition coefficient (Wildman–Crippen LogP) is 1.10. The summed E-state index contributed by atoms with van der Waals surface area (Å²) >= 11 is 0. The Morgan fingerprint density at radius 2 is 2.25 bits per heavy atom. The maximum atomic E-state index is 12.5. The highest BCUT2D eigenvalue weighted by atomic mass is 31.0. The van der Waals surface area contributed by atoms with Gasteiger partial charge < -0.3 is 30.0 Å². The number of hydrogen-bond acceptors (Lipinski definition) is 9. The summed E-state index contributed by atoms with van der Waals surface area (Å²) in [5.41, 5.74) is 0.965. The van der Waals surface area contributed by atoms with Crippen molar-refractivity contribution in [2.24, 2.45) is 0 Å². The van der Waals surface area contributed by atoms with Gasteiger partial charge in [0.2, 0.25) is 11.9 Å². The molecule has 0 bridgehead atoms.